The van der Waals surface area contributed by atoms with Gasteiger partial charge in [-0.05, 0) is 197 Å². The van der Waals surface area contributed by atoms with Gasteiger partial charge in [0.25, 0.3) is 0 Å². The van der Waals surface area contributed by atoms with Crippen molar-refractivity contribution >= 4 is 33.7 Å². The van der Waals surface area contributed by atoms with Gasteiger partial charge in [-0.15, -0.1) is 0 Å². The third-order valence-electron chi connectivity index (χ3n) is 16.5. The molecular formula is C64H62N4. The maximum absolute atomic E-state index is 6.16. The molecule has 338 valence electrons. The van der Waals surface area contributed by atoms with Crippen LogP contribution < -0.4 is 10.7 Å². The minimum Gasteiger partial charge on any atom is -0.354 e. The molecule has 2 aliphatic heterocycles. The van der Waals surface area contributed by atoms with Crippen LogP contribution in [0.25, 0.3) is 22.3 Å². The van der Waals surface area contributed by atoms with Crippen molar-refractivity contribution in [3.8, 4) is 0 Å². The van der Waals surface area contributed by atoms with E-state index in [1.807, 2.05) is 0 Å². The summed E-state index contributed by atoms with van der Waals surface area (Å²) in [4.78, 5) is 21.1. The van der Waals surface area contributed by atoms with Crippen LogP contribution in [-0.4, -0.2) is 21.4 Å². The predicted molar refractivity (Wildman–Crippen MR) is 282 cm³/mol. The summed E-state index contributed by atoms with van der Waals surface area (Å²) in [6.07, 6.45) is 17.8. The van der Waals surface area contributed by atoms with Crippen molar-refractivity contribution in [2.24, 2.45) is 9.98 Å². The zero-order valence-corrected chi connectivity index (χ0v) is 40.4. The molecule has 0 spiro atoms. The molecule has 0 unspecified atom stereocenters. The lowest BCUT2D eigenvalue weighted by Gasteiger charge is -2.20. The normalized spacial score (nSPS) is 19.0. The monoisotopic (exact) mass is 886 g/mol. The van der Waals surface area contributed by atoms with Crippen molar-refractivity contribution in [2.75, 3.05) is 0 Å². The van der Waals surface area contributed by atoms with E-state index in [2.05, 4.69) is 135 Å². The van der Waals surface area contributed by atoms with Gasteiger partial charge in [0.15, 0.2) is 0 Å². The quantitative estimate of drug-likeness (QED) is 0.177. The number of aliphatic imine (C=N–C) groups is 2. The first-order valence-corrected chi connectivity index (χ1v) is 26.0. The molecule has 7 aliphatic rings. The van der Waals surface area contributed by atoms with Crippen LogP contribution in [0, 0.1) is 27.7 Å². The summed E-state index contributed by atoms with van der Waals surface area (Å²) < 4.78 is 0. The average molecular weight is 887 g/mol. The number of aryl methyl sites for hydroxylation is 4. The molecule has 0 amide bonds. The van der Waals surface area contributed by atoms with E-state index in [-0.39, 0.29) is 0 Å². The second kappa shape index (κ2) is 16.6. The van der Waals surface area contributed by atoms with Gasteiger partial charge in [0, 0.05) is 22.3 Å². The summed E-state index contributed by atoms with van der Waals surface area (Å²) in [5, 5.41) is 2.52. The molecule has 0 radical (unpaired) electrons. The number of benzene rings is 4. The van der Waals surface area contributed by atoms with Crippen molar-refractivity contribution in [3.63, 3.8) is 0 Å². The van der Waals surface area contributed by atoms with Crippen molar-refractivity contribution in [1.82, 2.24) is 9.97 Å². The van der Waals surface area contributed by atoms with E-state index in [0.717, 1.165) is 51.4 Å². The van der Waals surface area contributed by atoms with Crippen LogP contribution in [0.3, 0.4) is 0 Å². The minimum absolute atomic E-state index is 1.04. The smallest absolute Gasteiger partial charge is 0.0772 e. The topological polar surface area (TPSA) is 56.3 Å². The molecule has 4 heterocycles. The number of aromatic amines is 2. The Bertz CT molecular complexity index is 3190. The van der Waals surface area contributed by atoms with Crippen LogP contribution >= 0.6 is 0 Å². The van der Waals surface area contributed by atoms with E-state index < -0.39 is 0 Å². The molecule has 8 bridgehead atoms. The number of nitrogens with one attached hydrogen (secondary N) is 2. The molecule has 0 fully saturated rings. The standard InChI is InChI=1S/C64H62N4/c1-37-21-29-41(30-22-37)53-57-45-13-5-7-15-47(45)59(65-57)54(42-31-23-38(2)24-32-42)61-49-17-9-11-19-51(49)63(67-61)56(44-35-27-40(4)28-36-44)64-52-20-12-10-18-50(52)62(68-64)55(43-33-25-39(3)26-34-43)60-48-16-8-6-14-46(48)58(53)66-60/h21-36,65,68H,5-20H2,1-4H3. The fourth-order valence-electron chi connectivity index (χ4n) is 13.0. The number of nitrogens with zero attached hydrogens (tertiary/aromatic N) is 2. The van der Waals surface area contributed by atoms with E-state index in [9.17, 15) is 0 Å². The van der Waals surface area contributed by atoms with Crippen LogP contribution in [0.4, 0.5) is 0 Å². The lowest BCUT2D eigenvalue weighted by Crippen LogP contribution is -2.24. The Morgan fingerprint density at radius 3 is 0.956 bits per heavy atom. The lowest BCUT2D eigenvalue weighted by atomic mass is 9.82. The Morgan fingerprint density at radius 1 is 0.309 bits per heavy atom. The van der Waals surface area contributed by atoms with E-state index >= 15 is 0 Å². The lowest BCUT2D eigenvalue weighted by molar-refractivity contribution is 0.685. The SMILES string of the molecule is Cc1ccc(C2=C3N=C(C4=C3CCCC4)C(c3ccc(C)cc3)=c3[nH]c(c4c3CCCC4)=C(c3ccc(C)cc3)C3=NC(=C(c4ccc(C)cc4)c4[nH]c2c2c4CCCC2)C2=C3CCCC2)cc1. The summed E-state index contributed by atoms with van der Waals surface area (Å²) in [5.41, 5.74) is 34.0. The fraction of sp³-hybridized carbons (Fsp3) is 0.312. The number of hydrogen-bond acceptors (Lipinski definition) is 2. The summed E-state index contributed by atoms with van der Waals surface area (Å²) in [7, 11) is 0. The first-order chi connectivity index (χ1) is 33.4. The highest BCUT2D eigenvalue weighted by atomic mass is 14.9. The maximum Gasteiger partial charge on any atom is 0.0772 e. The Labute approximate surface area is 401 Å². The number of allylic oxidation sites excluding steroid dienone is 4. The van der Waals surface area contributed by atoms with E-state index in [1.165, 1.54) is 208 Å². The highest BCUT2D eigenvalue weighted by molar-refractivity contribution is 6.35. The third-order valence-corrected chi connectivity index (χ3v) is 16.5. The molecule has 0 atom stereocenters. The molecule has 2 aromatic heterocycles. The molecule has 0 saturated carbocycles. The molecule has 68 heavy (non-hydrogen) atoms. The van der Waals surface area contributed by atoms with Crippen molar-refractivity contribution < 1.29 is 0 Å². The van der Waals surface area contributed by atoms with Crippen LogP contribution in [-0.2, 0) is 25.7 Å². The molecule has 0 saturated heterocycles. The van der Waals surface area contributed by atoms with Gasteiger partial charge in [0.2, 0.25) is 0 Å². The Hall–Kier alpha value is -6.52. The summed E-state index contributed by atoms with van der Waals surface area (Å²) in [6.45, 7) is 8.85. The third kappa shape index (κ3) is 6.76. The van der Waals surface area contributed by atoms with Gasteiger partial charge in [-0.3, -0.25) is 0 Å². The van der Waals surface area contributed by atoms with Gasteiger partial charge in [-0.2, -0.15) is 0 Å². The Kier molecular flexibility index (Phi) is 10.2. The molecular weight excluding hydrogens is 825 g/mol. The largest absolute Gasteiger partial charge is 0.354 e. The van der Waals surface area contributed by atoms with E-state index in [1.54, 1.807) is 0 Å². The van der Waals surface area contributed by atoms with Gasteiger partial charge in [0.1, 0.15) is 0 Å². The first-order valence-electron chi connectivity index (χ1n) is 26.0. The molecule has 4 aromatic carbocycles. The highest BCUT2D eigenvalue weighted by Crippen LogP contribution is 2.50. The zero-order chi connectivity index (χ0) is 45.6. The van der Waals surface area contributed by atoms with Crippen LogP contribution in [0.15, 0.2) is 141 Å². The second-order valence-corrected chi connectivity index (χ2v) is 21.0. The van der Waals surface area contributed by atoms with Gasteiger partial charge in [-0.25, -0.2) is 9.98 Å². The summed E-state index contributed by atoms with van der Waals surface area (Å²) >= 11 is 0. The van der Waals surface area contributed by atoms with E-state index in [0.29, 0.717) is 0 Å². The molecule has 4 nitrogen and oxygen atoms in total. The maximum atomic E-state index is 6.16. The van der Waals surface area contributed by atoms with Crippen molar-refractivity contribution in [1.29, 1.82) is 0 Å². The van der Waals surface area contributed by atoms with Gasteiger partial charge in [0.05, 0.1) is 44.9 Å². The summed E-state index contributed by atoms with van der Waals surface area (Å²) in [6, 6.07) is 37.4. The number of aromatic nitrogens is 2. The van der Waals surface area contributed by atoms with Gasteiger partial charge >= 0.3 is 0 Å². The number of hydrogen-bond donors (Lipinski definition) is 2. The highest BCUT2D eigenvalue weighted by Gasteiger charge is 2.38. The van der Waals surface area contributed by atoms with Crippen LogP contribution in [0.2, 0.25) is 0 Å². The average Bonchev–Trinajstić information content (AvgIpc) is 4.14. The van der Waals surface area contributed by atoms with Crippen molar-refractivity contribution in [3.05, 3.63) is 220 Å². The molecule has 13 rings (SSSR count). The van der Waals surface area contributed by atoms with Gasteiger partial charge < -0.3 is 9.97 Å². The Morgan fingerprint density at radius 2 is 0.603 bits per heavy atom. The fourth-order valence-corrected chi connectivity index (χ4v) is 13.0. The zero-order valence-electron chi connectivity index (χ0n) is 40.4. The van der Waals surface area contributed by atoms with Crippen LogP contribution in [0.1, 0.15) is 155 Å². The van der Waals surface area contributed by atoms with E-state index in [4.69, 9.17) is 9.98 Å². The second-order valence-electron chi connectivity index (χ2n) is 21.0. The van der Waals surface area contributed by atoms with Crippen LogP contribution in [0.5, 0.6) is 0 Å². The molecule has 6 aromatic rings. The minimum atomic E-state index is 1.04. The molecule has 4 heteroatoms. The molecule has 2 N–H and O–H groups in total. The van der Waals surface area contributed by atoms with Gasteiger partial charge in [-0.1, -0.05) is 119 Å². The first kappa shape index (κ1) is 41.7. The number of rotatable bonds is 4. The number of H-pyrrole nitrogens is 2. The molecule has 5 aliphatic carbocycles. The summed E-state index contributed by atoms with van der Waals surface area (Å²) in [5.74, 6) is 0. The Balaban J connectivity index is 1.28. The van der Waals surface area contributed by atoms with Crippen molar-refractivity contribution in [2.45, 2.75) is 130 Å². The predicted octanol–water partition coefficient (Wildman–Crippen LogP) is 13.6.